The van der Waals surface area contributed by atoms with Crippen molar-refractivity contribution in [3.8, 4) is 0 Å². The molecule has 0 spiro atoms. The number of rotatable bonds is 12. The molecular weight excluding hydrogens is 336 g/mol. The minimum atomic E-state index is -2.33. The van der Waals surface area contributed by atoms with Crippen molar-refractivity contribution in [2.24, 2.45) is 5.41 Å². The average molecular weight is 358 g/mol. The number of ether oxygens (including phenoxy) is 2. The Kier molecular flexibility index (Phi) is 9.25. The summed E-state index contributed by atoms with van der Waals surface area (Å²) < 4.78 is 9.18. The predicted molar refractivity (Wildman–Crippen MR) is 82.5 cm³/mol. The number of hydrogen-bond donors (Lipinski definition) is 1. The highest BCUT2D eigenvalue weighted by molar-refractivity contribution is 6.11. The number of hydrogen-bond acceptors (Lipinski definition) is 8. The van der Waals surface area contributed by atoms with Crippen LogP contribution in [-0.2, 0) is 38.2 Å². The molecule has 0 aromatic heterocycles. The van der Waals surface area contributed by atoms with Gasteiger partial charge in [0.1, 0.15) is 35.6 Å². The third-order valence-corrected chi connectivity index (χ3v) is 3.37. The van der Waals surface area contributed by atoms with Gasteiger partial charge in [0.2, 0.25) is 0 Å². The van der Waals surface area contributed by atoms with Gasteiger partial charge in [-0.3, -0.25) is 28.8 Å². The van der Waals surface area contributed by atoms with Gasteiger partial charge in [0.05, 0.1) is 13.2 Å². The lowest BCUT2D eigenvalue weighted by molar-refractivity contribution is -0.161. The van der Waals surface area contributed by atoms with Crippen LogP contribution in [0.4, 0.5) is 0 Å². The lowest BCUT2D eigenvalue weighted by Crippen LogP contribution is -2.42. The molecule has 0 saturated carbocycles. The zero-order valence-corrected chi connectivity index (χ0v) is 14.5. The van der Waals surface area contributed by atoms with Crippen LogP contribution in [0.1, 0.15) is 46.5 Å². The maximum absolute atomic E-state index is 11.9. The van der Waals surface area contributed by atoms with Crippen LogP contribution < -0.4 is 0 Å². The van der Waals surface area contributed by atoms with Crippen LogP contribution in [0.5, 0.6) is 0 Å². The Hall–Kier alpha value is -2.58. The molecule has 0 aliphatic rings. The van der Waals surface area contributed by atoms with Crippen LogP contribution >= 0.6 is 0 Å². The molecule has 0 radical (unpaired) electrons. The van der Waals surface area contributed by atoms with Gasteiger partial charge in [-0.1, -0.05) is 0 Å². The second kappa shape index (κ2) is 10.3. The van der Waals surface area contributed by atoms with Gasteiger partial charge in [0.15, 0.2) is 0 Å². The van der Waals surface area contributed by atoms with Gasteiger partial charge in [-0.15, -0.1) is 0 Å². The second-order valence-electron chi connectivity index (χ2n) is 5.34. The third-order valence-electron chi connectivity index (χ3n) is 3.37. The normalized spacial score (nSPS) is 10.7. The number of carboxylic acid groups (broad SMARTS) is 1. The molecule has 1 N–H and O–H groups in total. The van der Waals surface area contributed by atoms with Crippen LogP contribution in [0.2, 0.25) is 0 Å². The number of ketones is 3. The number of carbonyl (C=O) groups is 6. The van der Waals surface area contributed by atoms with E-state index in [2.05, 4.69) is 9.47 Å². The Morgan fingerprint density at radius 1 is 0.800 bits per heavy atom. The molecule has 0 unspecified atom stereocenters. The largest absolute Gasteiger partial charge is 0.480 e. The van der Waals surface area contributed by atoms with E-state index in [4.69, 9.17) is 0 Å². The number of esters is 2. The van der Waals surface area contributed by atoms with Gasteiger partial charge in [-0.25, -0.2) is 0 Å². The van der Waals surface area contributed by atoms with Crippen LogP contribution in [0.25, 0.3) is 0 Å². The smallest absolute Gasteiger partial charge is 0.318 e. The molecule has 0 aliphatic carbocycles. The van der Waals surface area contributed by atoms with Gasteiger partial charge in [-0.2, -0.15) is 0 Å². The van der Waals surface area contributed by atoms with E-state index in [-0.39, 0.29) is 13.2 Å². The standard InChI is InChI=1S/C16H22O9/c1-4-24-13(20)6-11(18)8-16(10(3)17,15(22)23)9-12(19)7-14(21)25-5-2/h4-9H2,1-3H3,(H,22,23). The number of carbonyl (C=O) groups excluding carboxylic acids is 5. The molecule has 0 fully saturated rings. The summed E-state index contributed by atoms with van der Waals surface area (Å²) in [5.41, 5.74) is -2.33. The Morgan fingerprint density at radius 2 is 1.16 bits per heavy atom. The van der Waals surface area contributed by atoms with Crippen LogP contribution in [-0.4, -0.2) is 53.6 Å². The summed E-state index contributed by atoms with van der Waals surface area (Å²) in [6.07, 6.45) is -3.10. The molecule has 0 amide bonds. The molecule has 0 aliphatic heterocycles. The van der Waals surface area contributed by atoms with Crippen LogP contribution in [0, 0.1) is 5.41 Å². The first-order valence-corrected chi connectivity index (χ1v) is 7.68. The minimum Gasteiger partial charge on any atom is -0.480 e. The molecule has 9 nitrogen and oxygen atoms in total. The van der Waals surface area contributed by atoms with E-state index < -0.39 is 66.4 Å². The van der Waals surface area contributed by atoms with Gasteiger partial charge in [0.25, 0.3) is 0 Å². The number of carboxylic acids is 1. The fourth-order valence-corrected chi connectivity index (χ4v) is 2.16. The fourth-order valence-electron chi connectivity index (χ4n) is 2.16. The van der Waals surface area contributed by atoms with E-state index in [1.165, 1.54) is 13.8 Å². The molecule has 0 aromatic rings. The molecular formula is C16H22O9. The maximum atomic E-state index is 11.9. The summed E-state index contributed by atoms with van der Waals surface area (Å²) in [5.74, 6) is -6.00. The first kappa shape index (κ1) is 22.4. The lowest BCUT2D eigenvalue weighted by atomic mass is 9.74. The molecule has 0 aromatic carbocycles. The summed E-state index contributed by atoms with van der Waals surface area (Å²) >= 11 is 0. The minimum absolute atomic E-state index is 0.0426. The third kappa shape index (κ3) is 7.23. The number of aliphatic carboxylic acids is 1. The Balaban J connectivity index is 5.26. The monoisotopic (exact) mass is 358 g/mol. The first-order chi connectivity index (χ1) is 11.6. The van der Waals surface area contributed by atoms with Crippen molar-refractivity contribution in [3.63, 3.8) is 0 Å². The van der Waals surface area contributed by atoms with Crippen molar-refractivity contribution in [2.75, 3.05) is 13.2 Å². The number of Topliss-reactive ketones (excluding diaryl/α,β-unsaturated/α-hetero) is 3. The highest BCUT2D eigenvalue weighted by Gasteiger charge is 2.47. The molecule has 25 heavy (non-hydrogen) atoms. The fraction of sp³-hybridized carbons (Fsp3) is 0.625. The van der Waals surface area contributed by atoms with Gasteiger partial charge in [-0.05, 0) is 20.8 Å². The maximum Gasteiger partial charge on any atom is 0.318 e. The molecule has 140 valence electrons. The van der Waals surface area contributed by atoms with E-state index in [0.29, 0.717) is 0 Å². The predicted octanol–water partition coefficient (Wildman–Crippen LogP) is 0.471. The van der Waals surface area contributed by atoms with Crippen LogP contribution in [0.3, 0.4) is 0 Å². The lowest BCUT2D eigenvalue weighted by Gasteiger charge is -2.25. The summed E-state index contributed by atoms with van der Waals surface area (Å²) in [6, 6.07) is 0. The van der Waals surface area contributed by atoms with Crippen LogP contribution in [0.15, 0.2) is 0 Å². The zero-order chi connectivity index (χ0) is 19.6. The molecule has 0 bridgehead atoms. The topological polar surface area (TPSA) is 141 Å². The highest BCUT2D eigenvalue weighted by atomic mass is 16.5. The Bertz CT molecular complexity index is 512. The molecule has 0 saturated heterocycles. The second-order valence-corrected chi connectivity index (χ2v) is 5.34. The quantitative estimate of drug-likeness (QED) is 0.389. The summed E-state index contributed by atoms with van der Waals surface area (Å²) in [5, 5.41) is 9.41. The van der Waals surface area contributed by atoms with Crippen molar-refractivity contribution in [1.29, 1.82) is 0 Å². The van der Waals surface area contributed by atoms with Crippen molar-refractivity contribution in [2.45, 2.75) is 46.5 Å². The van der Waals surface area contributed by atoms with Gasteiger partial charge in [0, 0.05) is 12.8 Å². The van der Waals surface area contributed by atoms with E-state index in [1.807, 2.05) is 0 Å². The molecule has 0 rings (SSSR count). The Labute approximate surface area is 144 Å². The van der Waals surface area contributed by atoms with E-state index in [1.54, 1.807) is 0 Å². The molecule has 9 heteroatoms. The highest BCUT2D eigenvalue weighted by Crippen LogP contribution is 2.30. The van der Waals surface area contributed by atoms with Gasteiger partial charge < -0.3 is 14.6 Å². The first-order valence-electron chi connectivity index (χ1n) is 7.68. The summed E-state index contributed by atoms with van der Waals surface area (Å²) in [4.78, 5) is 70.0. The SMILES string of the molecule is CCOC(=O)CC(=O)CC(CC(=O)CC(=O)OCC)(C(C)=O)C(=O)O. The van der Waals surface area contributed by atoms with Crippen molar-refractivity contribution in [3.05, 3.63) is 0 Å². The molecule has 0 heterocycles. The summed E-state index contributed by atoms with van der Waals surface area (Å²) in [7, 11) is 0. The summed E-state index contributed by atoms with van der Waals surface area (Å²) in [6.45, 7) is 4.09. The van der Waals surface area contributed by atoms with Crippen molar-refractivity contribution in [1.82, 2.24) is 0 Å². The Morgan fingerprint density at radius 3 is 1.40 bits per heavy atom. The van der Waals surface area contributed by atoms with Gasteiger partial charge >= 0.3 is 17.9 Å². The zero-order valence-electron chi connectivity index (χ0n) is 14.5. The van der Waals surface area contributed by atoms with Crippen molar-refractivity contribution < 1.29 is 43.3 Å². The van der Waals surface area contributed by atoms with Crippen molar-refractivity contribution >= 4 is 35.3 Å². The van der Waals surface area contributed by atoms with E-state index in [0.717, 1.165) is 6.92 Å². The van der Waals surface area contributed by atoms with E-state index >= 15 is 0 Å². The van der Waals surface area contributed by atoms with E-state index in [9.17, 15) is 33.9 Å². The average Bonchev–Trinajstić information content (AvgIpc) is 2.45. The molecule has 0 atom stereocenters.